The number of nitrogens with zero attached hydrogens (tertiary/aromatic N) is 4. The van der Waals surface area contributed by atoms with Gasteiger partial charge in [-0.25, -0.2) is 9.97 Å². The van der Waals surface area contributed by atoms with Crippen molar-refractivity contribution in [3.63, 3.8) is 0 Å². The standard InChI is InChI=1S/C14H17BrN4S/c1-18(14-4-6-16-10-17-14)11-5-7-19(8-11)9-12-2-3-13(15)20-12/h2-4,6,10-11H,5,7-9H2,1H3. The van der Waals surface area contributed by atoms with Gasteiger partial charge in [-0.1, -0.05) is 0 Å². The van der Waals surface area contributed by atoms with Crippen molar-refractivity contribution in [1.29, 1.82) is 0 Å². The molecule has 1 atom stereocenters. The average Bonchev–Trinajstić information content (AvgIpc) is 3.09. The molecule has 0 aliphatic carbocycles. The summed E-state index contributed by atoms with van der Waals surface area (Å²) in [5.74, 6) is 1.01. The van der Waals surface area contributed by atoms with Crippen LogP contribution in [0.3, 0.4) is 0 Å². The predicted octanol–water partition coefficient (Wildman–Crippen LogP) is 3.01. The molecule has 0 radical (unpaired) electrons. The molecule has 0 saturated carbocycles. The van der Waals surface area contributed by atoms with Gasteiger partial charge in [0.2, 0.25) is 0 Å². The van der Waals surface area contributed by atoms with Crippen LogP contribution in [0.2, 0.25) is 0 Å². The maximum atomic E-state index is 4.33. The SMILES string of the molecule is CN(c1ccncn1)C1CCN(Cc2ccc(Br)s2)C1. The van der Waals surface area contributed by atoms with Crippen molar-refractivity contribution >= 4 is 33.1 Å². The van der Waals surface area contributed by atoms with E-state index < -0.39 is 0 Å². The smallest absolute Gasteiger partial charge is 0.131 e. The highest BCUT2D eigenvalue weighted by Gasteiger charge is 2.26. The van der Waals surface area contributed by atoms with Crippen LogP contribution < -0.4 is 4.90 Å². The van der Waals surface area contributed by atoms with Crippen molar-refractivity contribution in [1.82, 2.24) is 14.9 Å². The quantitative estimate of drug-likeness (QED) is 0.846. The van der Waals surface area contributed by atoms with Gasteiger partial charge in [-0.2, -0.15) is 0 Å². The number of aromatic nitrogens is 2. The zero-order valence-corrected chi connectivity index (χ0v) is 13.8. The van der Waals surface area contributed by atoms with Crippen LogP contribution >= 0.6 is 27.3 Å². The summed E-state index contributed by atoms with van der Waals surface area (Å²) in [4.78, 5) is 14.5. The Bertz CT molecular complexity index is 559. The Morgan fingerprint density at radius 3 is 3.05 bits per heavy atom. The van der Waals surface area contributed by atoms with E-state index in [1.807, 2.05) is 17.4 Å². The Morgan fingerprint density at radius 1 is 1.45 bits per heavy atom. The monoisotopic (exact) mass is 352 g/mol. The van der Waals surface area contributed by atoms with Gasteiger partial charge in [-0.15, -0.1) is 11.3 Å². The van der Waals surface area contributed by atoms with Crippen LogP contribution in [-0.2, 0) is 6.54 Å². The normalized spacial score (nSPS) is 19.4. The number of hydrogen-bond acceptors (Lipinski definition) is 5. The number of halogens is 1. The second-order valence-electron chi connectivity index (χ2n) is 5.06. The molecule has 106 valence electrons. The van der Waals surface area contributed by atoms with Gasteiger partial charge in [0.05, 0.1) is 3.79 Å². The van der Waals surface area contributed by atoms with E-state index in [4.69, 9.17) is 0 Å². The largest absolute Gasteiger partial charge is 0.355 e. The van der Waals surface area contributed by atoms with Gasteiger partial charge >= 0.3 is 0 Å². The van der Waals surface area contributed by atoms with E-state index in [2.05, 4.69) is 54.9 Å². The zero-order valence-electron chi connectivity index (χ0n) is 11.4. The van der Waals surface area contributed by atoms with Crippen molar-refractivity contribution in [2.24, 2.45) is 0 Å². The van der Waals surface area contributed by atoms with Gasteiger partial charge in [0.25, 0.3) is 0 Å². The lowest BCUT2D eigenvalue weighted by atomic mass is 10.2. The van der Waals surface area contributed by atoms with E-state index in [9.17, 15) is 0 Å². The Kier molecular flexibility index (Phi) is 4.33. The lowest BCUT2D eigenvalue weighted by Gasteiger charge is -2.25. The van der Waals surface area contributed by atoms with Crippen LogP contribution in [0, 0.1) is 0 Å². The Labute approximate surface area is 131 Å². The van der Waals surface area contributed by atoms with Crippen molar-refractivity contribution in [2.75, 3.05) is 25.0 Å². The molecule has 3 heterocycles. The molecule has 1 aliphatic heterocycles. The number of anilines is 1. The summed E-state index contributed by atoms with van der Waals surface area (Å²) in [6.07, 6.45) is 4.60. The molecule has 0 bridgehead atoms. The van der Waals surface area contributed by atoms with E-state index in [0.29, 0.717) is 6.04 Å². The molecule has 6 heteroatoms. The first-order chi connectivity index (χ1) is 9.72. The van der Waals surface area contributed by atoms with Crippen molar-refractivity contribution in [3.8, 4) is 0 Å². The van der Waals surface area contributed by atoms with Gasteiger partial charge in [-0.3, -0.25) is 4.90 Å². The van der Waals surface area contributed by atoms with E-state index in [0.717, 1.165) is 25.5 Å². The van der Waals surface area contributed by atoms with Crippen molar-refractivity contribution in [3.05, 3.63) is 39.4 Å². The van der Waals surface area contributed by atoms with Gasteiger partial charge in [0.1, 0.15) is 12.1 Å². The van der Waals surface area contributed by atoms with E-state index in [1.165, 1.54) is 15.1 Å². The molecule has 0 N–H and O–H groups in total. The van der Waals surface area contributed by atoms with Crippen LogP contribution in [0.4, 0.5) is 5.82 Å². The third kappa shape index (κ3) is 3.19. The molecule has 1 fully saturated rings. The van der Waals surface area contributed by atoms with Crippen LogP contribution in [0.5, 0.6) is 0 Å². The Balaban J connectivity index is 1.59. The van der Waals surface area contributed by atoms with Crippen molar-refractivity contribution < 1.29 is 0 Å². The first-order valence-corrected chi connectivity index (χ1v) is 8.29. The minimum absolute atomic E-state index is 0.535. The number of rotatable bonds is 4. The third-order valence-electron chi connectivity index (χ3n) is 3.73. The number of likely N-dealkylation sites (N-methyl/N-ethyl adjacent to an activating group) is 1. The van der Waals surface area contributed by atoms with Gasteiger partial charge in [0.15, 0.2) is 0 Å². The Hall–Kier alpha value is -0.980. The summed E-state index contributed by atoms with van der Waals surface area (Å²) in [6, 6.07) is 6.84. The van der Waals surface area contributed by atoms with Crippen molar-refractivity contribution in [2.45, 2.75) is 19.0 Å². The number of hydrogen-bond donors (Lipinski definition) is 0. The summed E-state index contributed by atoms with van der Waals surface area (Å²) in [7, 11) is 2.12. The van der Waals surface area contributed by atoms with Crippen LogP contribution in [-0.4, -0.2) is 41.0 Å². The fourth-order valence-corrected chi connectivity index (χ4v) is 4.13. The summed E-state index contributed by atoms with van der Waals surface area (Å²) in [6.45, 7) is 3.29. The second-order valence-corrected chi connectivity index (χ2v) is 7.61. The topological polar surface area (TPSA) is 32.3 Å². The van der Waals surface area contributed by atoms with E-state index in [-0.39, 0.29) is 0 Å². The van der Waals surface area contributed by atoms with E-state index in [1.54, 1.807) is 12.5 Å². The second kappa shape index (κ2) is 6.20. The van der Waals surface area contributed by atoms with Gasteiger partial charge in [0, 0.05) is 43.8 Å². The highest BCUT2D eigenvalue weighted by molar-refractivity contribution is 9.11. The molecule has 1 aliphatic rings. The highest BCUT2D eigenvalue weighted by atomic mass is 79.9. The molecule has 1 saturated heterocycles. The van der Waals surface area contributed by atoms with Gasteiger partial charge in [-0.05, 0) is 40.5 Å². The lowest BCUT2D eigenvalue weighted by Crippen LogP contribution is -2.34. The van der Waals surface area contributed by atoms with Crippen LogP contribution in [0.1, 0.15) is 11.3 Å². The predicted molar refractivity (Wildman–Crippen MR) is 86.1 cm³/mol. The summed E-state index contributed by atoms with van der Waals surface area (Å²) >= 11 is 5.35. The number of likely N-dealkylation sites (tertiary alicyclic amines) is 1. The van der Waals surface area contributed by atoms with Gasteiger partial charge < -0.3 is 4.90 Å². The molecular weight excluding hydrogens is 336 g/mol. The average molecular weight is 353 g/mol. The van der Waals surface area contributed by atoms with Crippen LogP contribution in [0.15, 0.2) is 34.5 Å². The maximum absolute atomic E-state index is 4.33. The molecule has 1 unspecified atom stereocenters. The van der Waals surface area contributed by atoms with E-state index >= 15 is 0 Å². The lowest BCUT2D eigenvalue weighted by molar-refractivity contribution is 0.329. The Morgan fingerprint density at radius 2 is 2.35 bits per heavy atom. The summed E-state index contributed by atoms with van der Waals surface area (Å²) in [5.41, 5.74) is 0. The molecule has 3 rings (SSSR count). The molecule has 0 aromatic carbocycles. The summed E-state index contributed by atoms with van der Waals surface area (Å²) in [5, 5.41) is 0. The van der Waals surface area contributed by atoms with Crippen LogP contribution in [0.25, 0.3) is 0 Å². The highest BCUT2D eigenvalue weighted by Crippen LogP contribution is 2.26. The number of thiophene rings is 1. The fraction of sp³-hybridized carbons (Fsp3) is 0.429. The molecular formula is C14H17BrN4S. The minimum atomic E-state index is 0.535. The maximum Gasteiger partial charge on any atom is 0.131 e. The molecule has 4 nitrogen and oxygen atoms in total. The first kappa shape index (κ1) is 14.0. The summed E-state index contributed by atoms with van der Waals surface area (Å²) < 4.78 is 1.21. The third-order valence-corrected chi connectivity index (χ3v) is 5.34. The zero-order chi connectivity index (χ0) is 13.9. The minimum Gasteiger partial charge on any atom is -0.355 e. The fourth-order valence-electron chi connectivity index (χ4n) is 2.61. The molecule has 0 spiro atoms. The first-order valence-electron chi connectivity index (χ1n) is 6.68. The molecule has 2 aromatic heterocycles. The molecule has 2 aromatic rings. The molecule has 20 heavy (non-hydrogen) atoms. The molecule has 0 amide bonds.